The van der Waals surface area contributed by atoms with E-state index in [0.29, 0.717) is 16.5 Å². The van der Waals surface area contributed by atoms with E-state index in [1.165, 1.54) is 16.0 Å². The fraction of sp³-hybridized carbons (Fsp3) is 0.125. The van der Waals surface area contributed by atoms with Gasteiger partial charge in [-0.05, 0) is 61.4 Å². The molecule has 0 atom stereocenters. The largest absolute Gasteiger partial charge is 0.326 e. The van der Waals surface area contributed by atoms with Crippen LogP contribution < -0.4 is 10.9 Å². The van der Waals surface area contributed by atoms with Crippen molar-refractivity contribution in [1.29, 1.82) is 0 Å². The van der Waals surface area contributed by atoms with Crippen LogP contribution in [-0.2, 0) is 11.2 Å². The number of aromatic amines is 1. The number of nitrogens with zero attached hydrogens (tertiary/aromatic N) is 1. The van der Waals surface area contributed by atoms with E-state index in [1.54, 1.807) is 30.0 Å². The van der Waals surface area contributed by atoms with Gasteiger partial charge in [0.15, 0.2) is 0 Å². The van der Waals surface area contributed by atoms with E-state index in [0.717, 1.165) is 10.6 Å². The second-order valence-electron chi connectivity index (χ2n) is 7.17. The maximum absolute atomic E-state index is 12.5. The molecule has 2 N–H and O–H groups in total. The van der Waals surface area contributed by atoms with Crippen molar-refractivity contribution >= 4 is 34.1 Å². The number of amides is 1. The fourth-order valence-electron chi connectivity index (χ4n) is 3.21. The molecule has 5 nitrogen and oxygen atoms in total. The lowest BCUT2D eigenvalue weighted by Crippen LogP contribution is -2.18. The van der Waals surface area contributed by atoms with E-state index in [2.05, 4.69) is 47.6 Å². The lowest BCUT2D eigenvalue weighted by atomic mass is 10.1. The predicted octanol–water partition coefficient (Wildman–Crippen LogP) is 4.87. The molecular formula is C24H21N3O2S. The lowest BCUT2D eigenvalue weighted by Gasteiger charge is -2.09. The number of carbonyl (C=O) groups excluding carboxylic acids is 1. The quantitative estimate of drug-likeness (QED) is 0.488. The summed E-state index contributed by atoms with van der Waals surface area (Å²) in [4.78, 5) is 26.7. The molecule has 30 heavy (non-hydrogen) atoms. The van der Waals surface area contributed by atoms with Gasteiger partial charge in [0.1, 0.15) is 0 Å². The zero-order valence-electron chi connectivity index (χ0n) is 16.7. The van der Waals surface area contributed by atoms with Gasteiger partial charge >= 0.3 is 0 Å². The summed E-state index contributed by atoms with van der Waals surface area (Å²) < 4.78 is 0. The van der Waals surface area contributed by atoms with Crippen LogP contribution in [0.15, 0.2) is 81.3 Å². The highest BCUT2D eigenvalue weighted by atomic mass is 32.2. The monoisotopic (exact) mass is 415 g/mol. The zero-order valence-corrected chi connectivity index (χ0v) is 17.5. The number of anilines is 1. The highest BCUT2D eigenvalue weighted by Gasteiger charge is 2.11. The Morgan fingerprint density at radius 1 is 1.00 bits per heavy atom. The number of nitrogens with one attached hydrogen (secondary N) is 2. The highest BCUT2D eigenvalue weighted by molar-refractivity contribution is 7.99. The van der Waals surface area contributed by atoms with Gasteiger partial charge in [0, 0.05) is 20.9 Å². The van der Waals surface area contributed by atoms with Gasteiger partial charge in [0.05, 0.1) is 17.5 Å². The second-order valence-corrected chi connectivity index (χ2v) is 8.28. The number of fused-ring (bicyclic) bond motifs is 1. The van der Waals surface area contributed by atoms with Gasteiger partial charge in [0.2, 0.25) is 5.91 Å². The van der Waals surface area contributed by atoms with E-state index in [-0.39, 0.29) is 17.9 Å². The first-order valence-electron chi connectivity index (χ1n) is 9.61. The number of hydrogen-bond donors (Lipinski definition) is 2. The van der Waals surface area contributed by atoms with Gasteiger partial charge in [-0.1, -0.05) is 42.1 Å². The zero-order chi connectivity index (χ0) is 21.1. The Morgan fingerprint density at radius 2 is 1.73 bits per heavy atom. The van der Waals surface area contributed by atoms with Crippen LogP contribution in [0.5, 0.6) is 0 Å². The first-order valence-corrected chi connectivity index (χ1v) is 10.4. The summed E-state index contributed by atoms with van der Waals surface area (Å²) in [5, 5.41) is 10.6. The molecule has 3 aromatic carbocycles. The van der Waals surface area contributed by atoms with Gasteiger partial charge in [-0.25, -0.2) is 5.10 Å². The second kappa shape index (κ2) is 8.55. The molecule has 4 rings (SSSR count). The summed E-state index contributed by atoms with van der Waals surface area (Å²) >= 11 is 1.70. The smallest absolute Gasteiger partial charge is 0.272 e. The highest BCUT2D eigenvalue weighted by Crippen LogP contribution is 2.31. The van der Waals surface area contributed by atoms with Crippen molar-refractivity contribution in [2.24, 2.45) is 0 Å². The number of aromatic nitrogens is 2. The van der Waals surface area contributed by atoms with Crippen LogP contribution in [0, 0.1) is 13.8 Å². The molecule has 1 aromatic heterocycles. The summed E-state index contributed by atoms with van der Waals surface area (Å²) in [5.41, 5.74) is 3.48. The lowest BCUT2D eigenvalue weighted by molar-refractivity contribution is -0.115. The van der Waals surface area contributed by atoms with E-state index in [1.807, 2.05) is 30.3 Å². The molecule has 1 heterocycles. The Morgan fingerprint density at radius 3 is 2.50 bits per heavy atom. The average Bonchev–Trinajstić information content (AvgIpc) is 2.74. The third-order valence-corrected chi connectivity index (χ3v) is 5.98. The van der Waals surface area contributed by atoms with E-state index in [9.17, 15) is 9.59 Å². The first kappa shape index (κ1) is 19.9. The van der Waals surface area contributed by atoms with Crippen molar-refractivity contribution in [3.8, 4) is 0 Å². The van der Waals surface area contributed by atoms with E-state index in [4.69, 9.17) is 0 Å². The molecule has 0 aliphatic heterocycles. The predicted molar refractivity (Wildman–Crippen MR) is 121 cm³/mol. The first-order chi connectivity index (χ1) is 14.5. The van der Waals surface area contributed by atoms with Crippen LogP contribution in [0.3, 0.4) is 0 Å². The summed E-state index contributed by atoms with van der Waals surface area (Å²) in [5.74, 6) is -0.186. The Kier molecular flexibility index (Phi) is 5.68. The van der Waals surface area contributed by atoms with Crippen molar-refractivity contribution in [2.75, 3.05) is 5.32 Å². The number of rotatable bonds is 5. The van der Waals surface area contributed by atoms with Gasteiger partial charge in [-0.3, -0.25) is 9.59 Å². The Hall–Kier alpha value is -3.38. The van der Waals surface area contributed by atoms with Crippen LogP contribution in [0.1, 0.15) is 16.8 Å². The molecule has 1 amide bonds. The number of hydrogen-bond acceptors (Lipinski definition) is 4. The summed E-state index contributed by atoms with van der Waals surface area (Å²) in [6, 6.07) is 21.3. The number of benzene rings is 3. The molecule has 4 aromatic rings. The molecular weight excluding hydrogens is 394 g/mol. The molecule has 0 saturated carbocycles. The minimum absolute atomic E-state index is 0.0796. The topological polar surface area (TPSA) is 74.8 Å². The standard InChI is InChI=1S/C24H21N3O2S/c1-15-7-8-16(2)22(13-15)30-18-11-9-17(10-12-18)25-23(28)14-21-19-5-3-4-6-20(19)24(29)27-26-21/h3-13H,14H2,1-2H3,(H,25,28)(H,27,29). The van der Waals surface area contributed by atoms with Gasteiger partial charge < -0.3 is 5.32 Å². The molecule has 0 bridgehead atoms. The van der Waals surface area contributed by atoms with Crippen LogP contribution in [0.2, 0.25) is 0 Å². The van der Waals surface area contributed by atoms with Gasteiger partial charge in [0.25, 0.3) is 5.56 Å². The molecule has 6 heteroatoms. The van der Waals surface area contributed by atoms with Crippen LogP contribution in [0.4, 0.5) is 5.69 Å². The van der Waals surface area contributed by atoms with Crippen LogP contribution >= 0.6 is 11.8 Å². The Labute approximate surface area is 178 Å². The maximum Gasteiger partial charge on any atom is 0.272 e. The molecule has 150 valence electrons. The minimum Gasteiger partial charge on any atom is -0.326 e. The fourth-order valence-corrected chi connectivity index (χ4v) is 4.21. The van der Waals surface area contributed by atoms with Gasteiger partial charge in [-0.2, -0.15) is 5.10 Å². The molecule has 0 spiro atoms. The van der Waals surface area contributed by atoms with Crippen molar-refractivity contribution in [3.63, 3.8) is 0 Å². The molecule has 0 aliphatic carbocycles. The van der Waals surface area contributed by atoms with Crippen molar-refractivity contribution in [1.82, 2.24) is 10.2 Å². The molecule has 0 saturated heterocycles. The number of aryl methyl sites for hydroxylation is 2. The maximum atomic E-state index is 12.5. The van der Waals surface area contributed by atoms with Crippen molar-refractivity contribution in [3.05, 3.63) is 93.9 Å². The SMILES string of the molecule is Cc1ccc(C)c(Sc2ccc(NC(=O)Cc3n[nH]c(=O)c4ccccc34)cc2)c1. The Balaban J connectivity index is 1.45. The summed E-state index contributed by atoms with van der Waals surface area (Å²) in [7, 11) is 0. The van der Waals surface area contributed by atoms with Crippen LogP contribution in [0.25, 0.3) is 10.8 Å². The average molecular weight is 416 g/mol. The number of carbonyl (C=O) groups is 1. The van der Waals surface area contributed by atoms with E-state index < -0.39 is 0 Å². The third-order valence-electron chi connectivity index (χ3n) is 4.81. The molecule has 0 radical (unpaired) electrons. The minimum atomic E-state index is -0.258. The Bertz CT molecular complexity index is 1280. The van der Waals surface area contributed by atoms with Crippen molar-refractivity contribution in [2.45, 2.75) is 30.1 Å². The van der Waals surface area contributed by atoms with E-state index >= 15 is 0 Å². The third kappa shape index (κ3) is 4.44. The molecule has 0 fully saturated rings. The summed E-state index contributed by atoms with van der Waals surface area (Å²) in [6.45, 7) is 4.19. The number of H-pyrrole nitrogens is 1. The van der Waals surface area contributed by atoms with Crippen molar-refractivity contribution < 1.29 is 4.79 Å². The molecule has 0 aliphatic rings. The summed E-state index contributed by atoms with van der Waals surface area (Å²) in [6.07, 6.45) is 0.0796. The van der Waals surface area contributed by atoms with Crippen LogP contribution in [-0.4, -0.2) is 16.1 Å². The van der Waals surface area contributed by atoms with Gasteiger partial charge in [-0.15, -0.1) is 0 Å². The molecule has 0 unspecified atom stereocenters. The normalized spacial score (nSPS) is 10.9.